The van der Waals surface area contributed by atoms with Crippen LogP contribution in [0, 0.1) is 0 Å². The second-order valence-corrected chi connectivity index (χ2v) is 5.40. The fourth-order valence-corrected chi connectivity index (χ4v) is 2.66. The van der Waals surface area contributed by atoms with Gasteiger partial charge in [0.1, 0.15) is 12.1 Å². The van der Waals surface area contributed by atoms with E-state index in [0.29, 0.717) is 25.9 Å². The summed E-state index contributed by atoms with van der Waals surface area (Å²) in [4.78, 5) is 20.3. The van der Waals surface area contributed by atoms with Crippen molar-refractivity contribution in [1.82, 2.24) is 24.5 Å². The van der Waals surface area contributed by atoms with Crippen molar-refractivity contribution in [2.24, 2.45) is 0 Å². The largest absolute Gasteiger partial charge is 0.453 e. The van der Waals surface area contributed by atoms with Crippen LogP contribution in [0.2, 0.25) is 0 Å². The number of hydrogen-bond donors (Lipinski definition) is 1. The maximum Gasteiger partial charge on any atom is 0.433 e. The first-order valence-electron chi connectivity index (χ1n) is 7.26. The minimum absolute atomic E-state index is 0.126. The van der Waals surface area contributed by atoms with Crippen LogP contribution in [-0.4, -0.2) is 56.8 Å². The Bertz CT molecular complexity index is 747. The number of ether oxygens (including phenoxy) is 1. The molecule has 1 aliphatic rings. The fourth-order valence-electron chi connectivity index (χ4n) is 2.66. The van der Waals surface area contributed by atoms with Crippen LogP contribution in [0.25, 0.3) is 5.78 Å². The number of nitrogens with zero attached hydrogens (tertiary/aromatic N) is 5. The van der Waals surface area contributed by atoms with Crippen LogP contribution in [0.3, 0.4) is 0 Å². The Hall–Kier alpha value is -2.59. The topological polar surface area (TPSA) is 84.6 Å². The van der Waals surface area contributed by atoms with Gasteiger partial charge in [-0.2, -0.15) is 27.8 Å². The first-order chi connectivity index (χ1) is 11.4. The van der Waals surface area contributed by atoms with Gasteiger partial charge in [0, 0.05) is 25.2 Å². The Morgan fingerprint density at radius 2 is 2.25 bits per heavy atom. The van der Waals surface area contributed by atoms with E-state index in [1.807, 2.05) is 0 Å². The Morgan fingerprint density at radius 1 is 1.46 bits per heavy atom. The van der Waals surface area contributed by atoms with Crippen LogP contribution >= 0.6 is 0 Å². The molecule has 1 N–H and O–H groups in total. The van der Waals surface area contributed by atoms with E-state index in [0.717, 1.165) is 12.4 Å². The molecule has 1 atom stereocenters. The molecule has 8 nitrogen and oxygen atoms in total. The molecule has 0 spiro atoms. The number of aromatic nitrogens is 4. The van der Waals surface area contributed by atoms with Gasteiger partial charge in [-0.3, -0.25) is 0 Å². The highest BCUT2D eigenvalue weighted by molar-refractivity contribution is 5.67. The van der Waals surface area contributed by atoms with Gasteiger partial charge < -0.3 is 15.0 Å². The number of hydrogen-bond acceptors (Lipinski definition) is 6. The molecule has 2 aromatic rings. The van der Waals surface area contributed by atoms with Gasteiger partial charge in [-0.15, -0.1) is 0 Å². The third-order valence-electron chi connectivity index (χ3n) is 3.75. The van der Waals surface area contributed by atoms with E-state index in [1.165, 1.54) is 16.5 Å². The van der Waals surface area contributed by atoms with Gasteiger partial charge in [0.25, 0.3) is 5.78 Å². The summed E-state index contributed by atoms with van der Waals surface area (Å²) in [5.41, 5.74) is -1.05. The van der Waals surface area contributed by atoms with Crippen LogP contribution in [0.4, 0.5) is 23.8 Å². The normalized spacial score (nSPS) is 18.7. The van der Waals surface area contributed by atoms with Crippen molar-refractivity contribution < 1.29 is 22.7 Å². The molecular formula is C13H15F3N6O2. The molecule has 1 saturated heterocycles. The van der Waals surface area contributed by atoms with Gasteiger partial charge in [0.2, 0.25) is 0 Å². The van der Waals surface area contributed by atoms with Crippen molar-refractivity contribution in [3.05, 3.63) is 18.1 Å². The van der Waals surface area contributed by atoms with Crippen LogP contribution in [0.5, 0.6) is 0 Å². The summed E-state index contributed by atoms with van der Waals surface area (Å²) >= 11 is 0. The molecule has 24 heavy (non-hydrogen) atoms. The van der Waals surface area contributed by atoms with Crippen molar-refractivity contribution in [2.45, 2.75) is 25.1 Å². The van der Waals surface area contributed by atoms with Gasteiger partial charge in [-0.1, -0.05) is 0 Å². The average Bonchev–Trinajstić information content (AvgIpc) is 3.02. The molecule has 3 heterocycles. The van der Waals surface area contributed by atoms with Crippen molar-refractivity contribution in [3.63, 3.8) is 0 Å². The number of likely N-dealkylation sites (tertiary alicyclic amines) is 1. The molecular weight excluding hydrogens is 329 g/mol. The summed E-state index contributed by atoms with van der Waals surface area (Å²) in [7, 11) is 1.29. The number of anilines is 1. The minimum Gasteiger partial charge on any atom is -0.453 e. The summed E-state index contributed by atoms with van der Waals surface area (Å²) in [5, 5.41) is 6.89. The predicted molar refractivity (Wildman–Crippen MR) is 76.4 cm³/mol. The molecule has 1 fully saturated rings. The second-order valence-electron chi connectivity index (χ2n) is 5.40. The SMILES string of the molecule is COC(=O)N1CCCC(Nc2cc(C(F)(F)F)nc3ncnn23)C1. The zero-order chi connectivity index (χ0) is 17.3. The van der Waals surface area contributed by atoms with Crippen LogP contribution in [0.1, 0.15) is 18.5 Å². The highest BCUT2D eigenvalue weighted by atomic mass is 19.4. The lowest BCUT2D eigenvalue weighted by Gasteiger charge is -2.32. The zero-order valence-corrected chi connectivity index (χ0v) is 12.7. The van der Waals surface area contributed by atoms with Gasteiger partial charge in [0.05, 0.1) is 7.11 Å². The fraction of sp³-hybridized carbons (Fsp3) is 0.538. The van der Waals surface area contributed by atoms with Gasteiger partial charge in [-0.25, -0.2) is 9.78 Å². The lowest BCUT2D eigenvalue weighted by Crippen LogP contribution is -2.45. The number of piperidine rings is 1. The maximum absolute atomic E-state index is 13.0. The highest BCUT2D eigenvalue weighted by Gasteiger charge is 2.34. The molecule has 11 heteroatoms. The standard InChI is InChI=1S/C13H15F3N6O2/c1-24-12(23)21-4-2-3-8(6-21)19-10-5-9(13(14,15)16)20-11-17-7-18-22(10)11/h5,7-8,19H,2-4,6H2,1H3. The number of nitrogens with one attached hydrogen (secondary N) is 1. The number of amides is 1. The molecule has 0 aliphatic carbocycles. The monoisotopic (exact) mass is 344 g/mol. The van der Waals surface area contributed by atoms with Crippen molar-refractivity contribution in [1.29, 1.82) is 0 Å². The molecule has 2 aromatic heterocycles. The Balaban J connectivity index is 1.86. The number of alkyl halides is 3. The Morgan fingerprint density at radius 3 is 2.96 bits per heavy atom. The summed E-state index contributed by atoms with van der Waals surface area (Å²) in [6, 6.07) is 0.660. The number of fused-ring (bicyclic) bond motifs is 1. The van der Waals surface area contributed by atoms with E-state index in [1.54, 1.807) is 0 Å². The van der Waals surface area contributed by atoms with E-state index in [-0.39, 0.29) is 17.6 Å². The number of carbonyl (C=O) groups is 1. The van der Waals surface area contributed by atoms with E-state index < -0.39 is 18.0 Å². The average molecular weight is 344 g/mol. The Labute approximate surface area is 134 Å². The highest BCUT2D eigenvalue weighted by Crippen LogP contribution is 2.30. The molecule has 0 aromatic carbocycles. The Kier molecular flexibility index (Phi) is 4.16. The van der Waals surface area contributed by atoms with Crippen LogP contribution in [0.15, 0.2) is 12.4 Å². The van der Waals surface area contributed by atoms with Crippen LogP contribution < -0.4 is 5.32 Å². The number of carbonyl (C=O) groups excluding carboxylic acids is 1. The third-order valence-corrected chi connectivity index (χ3v) is 3.75. The molecule has 3 rings (SSSR count). The molecule has 1 unspecified atom stereocenters. The van der Waals surface area contributed by atoms with E-state index in [2.05, 4.69) is 25.1 Å². The summed E-state index contributed by atoms with van der Waals surface area (Å²) in [5.74, 6) is -0.0190. The predicted octanol–water partition coefficient (Wildman–Crippen LogP) is 1.79. The molecule has 0 bridgehead atoms. The smallest absolute Gasteiger partial charge is 0.433 e. The quantitative estimate of drug-likeness (QED) is 0.894. The number of rotatable bonds is 2. The molecule has 1 amide bonds. The molecule has 1 aliphatic heterocycles. The second kappa shape index (κ2) is 6.13. The lowest BCUT2D eigenvalue weighted by molar-refractivity contribution is -0.141. The van der Waals surface area contributed by atoms with E-state index in [9.17, 15) is 18.0 Å². The van der Waals surface area contributed by atoms with Crippen molar-refractivity contribution in [3.8, 4) is 0 Å². The van der Waals surface area contributed by atoms with E-state index in [4.69, 9.17) is 0 Å². The first kappa shape index (κ1) is 16.3. The summed E-state index contributed by atoms with van der Waals surface area (Å²) in [6.45, 7) is 0.875. The molecule has 0 radical (unpaired) electrons. The van der Waals surface area contributed by atoms with Crippen LogP contribution in [-0.2, 0) is 10.9 Å². The summed E-state index contributed by atoms with van der Waals surface area (Å²) < 4.78 is 44.8. The van der Waals surface area contributed by atoms with Gasteiger partial charge in [0.15, 0.2) is 5.69 Å². The minimum atomic E-state index is -4.59. The summed E-state index contributed by atoms with van der Waals surface area (Å²) in [6.07, 6.45) is -2.50. The molecule has 130 valence electrons. The number of methoxy groups -OCH3 is 1. The van der Waals surface area contributed by atoms with Crippen molar-refractivity contribution in [2.75, 3.05) is 25.5 Å². The van der Waals surface area contributed by atoms with E-state index >= 15 is 0 Å². The molecule has 0 saturated carbocycles. The number of halogens is 3. The first-order valence-corrected chi connectivity index (χ1v) is 7.26. The van der Waals surface area contributed by atoms with Crippen molar-refractivity contribution >= 4 is 17.7 Å². The lowest BCUT2D eigenvalue weighted by atomic mass is 10.1. The maximum atomic E-state index is 13.0. The van der Waals surface area contributed by atoms with Gasteiger partial charge in [-0.05, 0) is 12.8 Å². The van der Waals surface area contributed by atoms with Gasteiger partial charge >= 0.3 is 12.3 Å². The zero-order valence-electron chi connectivity index (χ0n) is 12.7. The third kappa shape index (κ3) is 3.19.